The van der Waals surface area contributed by atoms with Crippen LogP contribution in [0.5, 0.6) is 11.5 Å². The number of nitrogens with one attached hydrogen (secondary N) is 3. The van der Waals surface area contributed by atoms with Crippen molar-refractivity contribution in [3.8, 4) is 11.5 Å². The van der Waals surface area contributed by atoms with E-state index in [1.54, 1.807) is 24.3 Å². The molecule has 0 atom stereocenters. The standard InChI is InChI=1S/C21H20Cl2N4O5/c1-3-8-24-20(29)21(30)27-25-11-13-9-16(23)19(17(10-13)31-2)32-12-18(28)26-15-6-4-14(22)5-7-15/h3-7,9-11H,1,8,12H2,2H3,(H,24,29)(H,26,28)(H,27,30)/b25-11-. The smallest absolute Gasteiger partial charge is 0.329 e. The number of methoxy groups -OCH3 is 1. The number of benzene rings is 2. The molecule has 0 spiro atoms. The molecule has 3 N–H and O–H groups in total. The number of rotatable bonds is 9. The Hall–Kier alpha value is -3.56. The van der Waals surface area contributed by atoms with E-state index in [9.17, 15) is 14.4 Å². The molecule has 11 heteroatoms. The number of carbonyl (C=O) groups is 3. The van der Waals surface area contributed by atoms with Gasteiger partial charge >= 0.3 is 11.8 Å². The molecule has 0 radical (unpaired) electrons. The number of nitrogens with zero attached hydrogens (tertiary/aromatic N) is 1. The summed E-state index contributed by atoms with van der Waals surface area (Å²) in [5, 5.41) is 9.39. The lowest BCUT2D eigenvalue weighted by Gasteiger charge is -2.13. The summed E-state index contributed by atoms with van der Waals surface area (Å²) in [6.45, 7) is 3.27. The lowest BCUT2D eigenvalue weighted by atomic mass is 10.2. The lowest BCUT2D eigenvalue weighted by Crippen LogP contribution is -2.37. The summed E-state index contributed by atoms with van der Waals surface area (Å²) in [5.41, 5.74) is 3.10. The Labute approximate surface area is 194 Å². The molecule has 32 heavy (non-hydrogen) atoms. The highest BCUT2D eigenvalue weighted by Gasteiger charge is 2.14. The first-order valence-corrected chi connectivity index (χ1v) is 9.87. The summed E-state index contributed by atoms with van der Waals surface area (Å²) in [4.78, 5) is 35.2. The zero-order chi connectivity index (χ0) is 23.5. The first kappa shape index (κ1) is 24.7. The monoisotopic (exact) mass is 478 g/mol. The van der Waals surface area contributed by atoms with E-state index in [1.165, 1.54) is 31.5 Å². The van der Waals surface area contributed by atoms with Crippen molar-refractivity contribution in [3.05, 3.63) is 64.7 Å². The highest BCUT2D eigenvalue weighted by Crippen LogP contribution is 2.36. The van der Waals surface area contributed by atoms with E-state index in [0.29, 0.717) is 16.3 Å². The van der Waals surface area contributed by atoms with Gasteiger partial charge in [-0.15, -0.1) is 6.58 Å². The molecule has 9 nitrogen and oxygen atoms in total. The maximum Gasteiger partial charge on any atom is 0.329 e. The van der Waals surface area contributed by atoms with Gasteiger partial charge in [-0.3, -0.25) is 14.4 Å². The molecule has 168 valence electrons. The largest absolute Gasteiger partial charge is 0.493 e. The van der Waals surface area contributed by atoms with E-state index < -0.39 is 17.7 Å². The number of hydrogen-bond acceptors (Lipinski definition) is 6. The Bertz CT molecular complexity index is 1030. The Morgan fingerprint density at radius 2 is 1.84 bits per heavy atom. The molecule has 0 aliphatic heterocycles. The van der Waals surface area contributed by atoms with Gasteiger partial charge in [-0.1, -0.05) is 29.3 Å². The average Bonchev–Trinajstić information content (AvgIpc) is 2.77. The topological polar surface area (TPSA) is 118 Å². The van der Waals surface area contributed by atoms with Crippen LogP contribution in [0.3, 0.4) is 0 Å². The van der Waals surface area contributed by atoms with Crippen LogP contribution in [0.15, 0.2) is 54.2 Å². The molecule has 0 aliphatic rings. The fourth-order valence-corrected chi connectivity index (χ4v) is 2.68. The van der Waals surface area contributed by atoms with Crippen LogP contribution < -0.4 is 25.5 Å². The van der Waals surface area contributed by atoms with Gasteiger partial charge in [-0.25, -0.2) is 5.43 Å². The third-order valence-electron chi connectivity index (χ3n) is 3.72. The van der Waals surface area contributed by atoms with Crippen LogP contribution in [-0.4, -0.2) is 44.2 Å². The molecule has 0 saturated carbocycles. The SMILES string of the molecule is C=CCNC(=O)C(=O)N/N=C\c1cc(Cl)c(OCC(=O)Nc2ccc(Cl)cc2)c(OC)c1. The molecule has 0 fully saturated rings. The van der Waals surface area contributed by atoms with Gasteiger partial charge in [0.15, 0.2) is 18.1 Å². The van der Waals surface area contributed by atoms with E-state index in [2.05, 4.69) is 27.7 Å². The molecule has 0 saturated heterocycles. The number of carbonyl (C=O) groups excluding carboxylic acids is 3. The molecule has 0 unspecified atom stereocenters. The minimum absolute atomic E-state index is 0.153. The summed E-state index contributed by atoms with van der Waals surface area (Å²) in [6, 6.07) is 9.63. The molecular weight excluding hydrogens is 459 g/mol. The zero-order valence-corrected chi connectivity index (χ0v) is 18.5. The number of anilines is 1. The molecule has 0 aromatic heterocycles. The van der Waals surface area contributed by atoms with Gasteiger partial charge in [0, 0.05) is 17.3 Å². The molecule has 2 aromatic carbocycles. The van der Waals surface area contributed by atoms with E-state index >= 15 is 0 Å². The van der Waals surface area contributed by atoms with Crippen molar-refractivity contribution in [2.45, 2.75) is 0 Å². The van der Waals surface area contributed by atoms with Crippen molar-refractivity contribution in [1.29, 1.82) is 0 Å². The van der Waals surface area contributed by atoms with Gasteiger partial charge < -0.3 is 20.1 Å². The summed E-state index contributed by atoms with van der Waals surface area (Å²) >= 11 is 12.1. The second-order valence-electron chi connectivity index (χ2n) is 6.08. The first-order chi connectivity index (χ1) is 15.3. The molecule has 0 heterocycles. The summed E-state index contributed by atoms with van der Waals surface area (Å²) in [7, 11) is 1.40. The second kappa shape index (κ2) is 12.3. The van der Waals surface area contributed by atoms with Crippen molar-refractivity contribution < 1.29 is 23.9 Å². The van der Waals surface area contributed by atoms with Crippen LogP contribution in [0.1, 0.15) is 5.56 Å². The Morgan fingerprint density at radius 1 is 1.12 bits per heavy atom. The molecule has 3 amide bonds. The molecular formula is C21H20Cl2N4O5. The number of halogens is 2. The van der Waals surface area contributed by atoms with Crippen LogP contribution in [0, 0.1) is 0 Å². The van der Waals surface area contributed by atoms with Crippen LogP contribution in [0.25, 0.3) is 0 Å². The van der Waals surface area contributed by atoms with Gasteiger partial charge in [0.1, 0.15) is 0 Å². The van der Waals surface area contributed by atoms with Gasteiger partial charge in [0.05, 0.1) is 18.3 Å². The quantitative estimate of drug-likeness (QED) is 0.221. The van der Waals surface area contributed by atoms with Crippen molar-refractivity contribution >= 4 is 52.8 Å². The van der Waals surface area contributed by atoms with E-state index in [4.69, 9.17) is 32.7 Å². The molecule has 0 aliphatic carbocycles. The van der Waals surface area contributed by atoms with E-state index in [-0.39, 0.29) is 29.7 Å². The first-order valence-electron chi connectivity index (χ1n) is 9.12. The number of ether oxygens (including phenoxy) is 2. The van der Waals surface area contributed by atoms with Crippen molar-refractivity contribution in [1.82, 2.24) is 10.7 Å². The third-order valence-corrected chi connectivity index (χ3v) is 4.25. The van der Waals surface area contributed by atoms with Gasteiger partial charge in [0.2, 0.25) is 0 Å². The Balaban J connectivity index is 1.99. The minimum atomic E-state index is -0.937. The van der Waals surface area contributed by atoms with Gasteiger partial charge in [-0.2, -0.15) is 5.10 Å². The Kier molecular flexibility index (Phi) is 9.52. The predicted octanol–water partition coefficient (Wildman–Crippen LogP) is 2.77. The fourth-order valence-electron chi connectivity index (χ4n) is 2.28. The highest BCUT2D eigenvalue weighted by atomic mass is 35.5. The van der Waals surface area contributed by atoms with E-state index in [0.717, 1.165) is 0 Å². The molecule has 0 bridgehead atoms. The molecule has 2 aromatic rings. The van der Waals surface area contributed by atoms with Crippen LogP contribution in [-0.2, 0) is 14.4 Å². The van der Waals surface area contributed by atoms with Crippen LogP contribution in [0.2, 0.25) is 10.0 Å². The van der Waals surface area contributed by atoms with Crippen LogP contribution in [0.4, 0.5) is 5.69 Å². The minimum Gasteiger partial charge on any atom is -0.493 e. The predicted molar refractivity (Wildman–Crippen MR) is 123 cm³/mol. The van der Waals surface area contributed by atoms with Crippen molar-refractivity contribution in [3.63, 3.8) is 0 Å². The van der Waals surface area contributed by atoms with Gasteiger partial charge in [0.25, 0.3) is 5.91 Å². The number of hydrogen-bond donors (Lipinski definition) is 3. The lowest BCUT2D eigenvalue weighted by molar-refractivity contribution is -0.139. The van der Waals surface area contributed by atoms with E-state index in [1.807, 2.05) is 0 Å². The van der Waals surface area contributed by atoms with Crippen molar-refractivity contribution in [2.24, 2.45) is 5.10 Å². The molecule has 2 rings (SSSR count). The van der Waals surface area contributed by atoms with Gasteiger partial charge in [-0.05, 0) is 42.0 Å². The zero-order valence-electron chi connectivity index (χ0n) is 17.0. The maximum atomic E-state index is 12.1. The Morgan fingerprint density at radius 3 is 2.50 bits per heavy atom. The highest BCUT2D eigenvalue weighted by molar-refractivity contribution is 6.35. The number of amides is 3. The average molecular weight is 479 g/mol. The third kappa shape index (κ3) is 7.60. The number of hydrazone groups is 1. The van der Waals surface area contributed by atoms with Crippen molar-refractivity contribution in [2.75, 3.05) is 25.6 Å². The maximum absolute atomic E-state index is 12.1. The summed E-state index contributed by atoms with van der Waals surface area (Å²) in [6.07, 6.45) is 2.71. The summed E-state index contributed by atoms with van der Waals surface area (Å²) in [5.74, 6) is -1.79. The fraction of sp³-hybridized carbons (Fsp3) is 0.143. The second-order valence-corrected chi connectivity index (χ2v) is 6.92. The normalized spacial score (nSPS) is 10.3. The summed E-state index contributed by atoms with van der Waals surface area (Å²) < 4.78 is 10.8. The van der Waals surface area contributed by atoms with Crippen LogP contribution >= 0.6 is 23.2 Å².